The van der Waals surface area contributed by atoms with Gasteiger partial charge in [-0.15, -0.1) is 0 Å². The largest absolute Gasteiger partial charge is 0.319 e. The molecular weight excluding hydrogens is 196 g/mol. The lowest BCUT2D eigenvalue weighted by atomic mass is 9.97. The highest BCUT2D eigenvalue weighted by Crippen LogP contribution is 2.14. The second-order valence-corrected chi connectivity index (χ2v) is 3.78. The van der Waals surface area contributed by atoms with Gasteiger partial charge in [0.2, 0.25) is 0 Å². The van der Waals surface area contributed by atoms with Crippen LogP contribution in [0.25, 0.3) is 0 Å². The van der Waals surface area contributed by atoms with Crippen molar-refractivity contribution in [1.82, 2.24) is 5.32 Å². The van der Waals surface area contributed by atoms with E-state index in [4.69, 9.17) is 0 Å². The minimum atomic E-state index is -0.777. The standard InChI is InChI=1S/C12H17F2N/c1-3-9(8-15-2)6-10-4-5-11(13)12(14)7-10/h4-5,7,9,15H,3,6,8H2,1-2H3. The Morgan fingerprint density at radius 1 is 1.27 bits per heavy atom. The molecule has 0 radical (unpaired) electrons. The molecular formula is C12H17F2N. The van der Waals surface area contributed by atoms with E-state index in [1.165, 1.54) is 12.1 Å². The number of benzene rings is 1. The van der Waals surface area contributed by atoms with Crippen molar-refractivity contribution >= 4 is 0 Å². The lowest BCUT2D eigenvalue weighted by Gasteiger charge is -2.14. The lowest BCUT2D eigenvalue weighted by molar-refractivity contribution is 0.474. The molecule has 0 fully saturated rings. The molecule has 0 spiro atoms. The molecule has 0 bridgehead atoms. The molecule has 15 heavy (non-hydrogen) atoms. The SMILES string of the molecule is CCC(CNC)Cc1ccc(F)c(F)c1. The first kappa shape index (κ1) is 12.1. The van der Waals surface area contributed by atoms with Crippen molar-refractivity contribution < 1.29 is 8.78 Å². The van der Waals surface area contributed by atoms with Gasteiger partial charge in [-0.25, -0.2) is 8.78 Å². The van der Waals surface area contributed by atoms with Crippen molar-refractivity contribution in [2.75, 3.05) is 13.6 Å². The molecule has 1 aromatic carbocycles. The predicted molar refractivity (Wildman–Crippen MR) is 57.8 cm³/mol. The van der Waals surface area contributed by atoms with Crippen LogP contribution in [-0.2, 0) is 6.42 Å². The molecule has 0 aliphatic rings. The highest BCUT2D eigenvalue weighted by Gasteiger charge is 2.08. The molecule has 0 saturated heterocycles. The monoisotopic (exact) mass is 213 g/mol. The van der Waals surface area contributed by atoms with Crippen molar-refractivity contribution in [3.05, 3.63) is 35.4 Å². The third-order valence-electron chi connectivity index (χ3n) is 2.58. The molecule has 1 rings (SSSR count). The minimum Gasteiger partial charge on any atom is -0.319 e. The number of rotatable bonds is 5. The summed E-state index contributed by atoms with van der Waals surface area (Å²) in [6.45, 7) is 3.00. The highest BCUT2D eigenvalue weighted by atomic mass is 19.2. The predicted octanol–water partition coefficient (Wildman–Crippen LogP) is 2.75. The second kappa shape index (κ2) is 5.81. The van der Waals surface area contributed by atoms with E-state index >= 15 is 0 Å². The van der Waals surface area contributed by atoms with Gasteiger partial charge in [0.05, 0.1) is 0 Å². The maximum Gasteiger partial charge on any atom is 0.159 e. The molecule has 1 unspecified atom stereocenters. The maximum absolute atomic E-state index is 12.9. The first-order valence-corrected chi connectivity index (χ1v) is 5.25. The van der Waals surface area contributed by atoms with Crippen LogP contribution in [0.15, 0.2) is 18.2 Å². The Morgan fingerprint density at radius 3 is 2.53 bits per heavy atom. The van der Waals surface area contributed by atoms with Crippen LogP contribution in [-0.4, -0.2) is 13.6 Å². The van der Waals surface area contributed by atoms with Crippen LogP contribution in [0.2, 0.25) is 0 Å². The number of halogens is 2. The van der Waals surface area contributed by atoms with Crippen LogP contribution < -0.4 is 5.32 Å². The van der Waals surface area contributed by atoms with Crippen molar-refractivity contribution in [2.24, 2.45) is 5.92 Å². The van der Waals surface area contributed by atoms with Crippen LogP contribution in [0.4, 0.5) is 8.78 Å². The summed E-state index contributed by atoms with van der Waals surface area (Å²) in [6.07, 6.45) is 1.81. The van der Waals surface area contributed by atoms with E-state index in [0.29, 0.717) is 5.92 Å². The molecule has 1 N–H and O–H groups in total. The Bertz CT molecular complexity index is 312. The summed E-state index contributed by atoms with van der Waals surface area (Å²) in [6, 6.07) is 4.13. The maximum atomic E-state index is 12.9. The van der Waals surface area contributed by atoms with Crippen molar-refractivity contribution in [3.63, 3.8) is 0 Å². The van der Waals surface area contributed by atoms with Gasteiger partial charge in [-0.2, -0.15) is 0 Å². The van der Waals surface area contributed by atoms with Crippen LogP contribution in [0.1, 0.15) is 18.9 Å². The van der Waals surface area contributed by atoms with Crippen LogP contribution in [0, 0.1) is 17.6 Å². The first-order chi connectivity index (χ1) is 7.17. The van der Waals surface area contributed by atoms with Gasteiger partial charge in [0.15, 0.2) is 11.6 Å². The molecule has 0 saturated carbocycles. The summed E-state index contributed by atoms with van der Waals surface area (Å²) >= 11 is 0. The molecule has 84 valence electrons. The summed E-state index contributed by atoms with van der Waals surface area (Å²) in [7, 11) is 1.90. The smallest absolute Gasteiger partial charge is 0.159 e. The summed E-state index contributed by atoms with van der Waals surface area (Å²) in [5.74, 6) is -1.06. The average molecular weight is 213 g/mol. The van der Waals surface area contributed by atoms with Gasteiger partial charge in [0.25, 0.3) is 0 Å². The van der Waals surface area contributed by atoms with E-state index in [1.807, 2.05) is 7.05 Å². The topological polar surface area (TPSA) is 12.0 Å². The van der Waals surface area contributed by atoms with Gasteiger partial charge < -0.3 is 5.32 Å². The fourth-order valence-corrected chi connectivity index (χ4v) is 1.65. The van der Waals surface area contributed by atoms with Crippen molar-refractivity contribution in [3.8, 4) is 0 Å². The zero-order valence-electron chi connectivity index (χ0n) is 9.19. The Morgan fingerprint density at radius 2 is 2.00 bits per heavy atom. The zero-order valence-corrected chi connectivity index (χ0v) is 9.19. The van der Waals surface area contributed by atoms with Gasteiger partial charge in [0, 0.05) is 0 Å². The van der Waals surface area contributed by atoms with E-state index < -0.39 is 11.6 Å². The van der Waals surface area contributed by atoms with E-state index in [2.05, 4.69) is 12.2 Å². The van der Waals surface area contributed by atoms with E-state index in [0.717, 1.165) is 24.9 Å². The van der Waals surface area contributed by atoms with Gasteiger partial charge in [0.1, 0.15) is 0 Å². The Labute approximate surface area is 89.5 Å². The molecule has 3 heteroatoms. The highest BCUT2D eigenvalue weighted by molar-refractivity contribution is 5.18. The quantitative estimate of drug-likeness (QED) is 0.793. The third kappa shape index (κ3) is 3.59. The number of nitrogens with one attached hydrogen (secondary N) is 1. The molecule has 1 aromatic rings. The Kier molecular flexibility index (Phi) is 4.69. The Balaban J connectivity index is 2.66. The van der Waals surface area contributed by atoms with E-state index in [1.54, 1.807) is 6.07 Å². The van der Waals surface area contributed by atoms with Gasteiger partial charge in [-0.1, -0.05) is 19.4 Å². The molecule has 0 aliphatic carbocycles. The summed E-state index contributed by atoms with van der Waals surface area (Å²) in [5.41, 5.74) is 0.857. The van der Waals surface area contributed by atoms with E-state index in [-0.39, 0.29) is 0 Å². The lowest BCUT2D eigenvalue weighted by Crippen LogP contribution is -2.20. The van der Waals surface area contributed by atoms with Crippen molar-refractivity contribution in [1.29, 1.82) is 0 Å². The first-order valence-electron chi connectivity index (χ1n) is 5.25. The summed E-state index contributed by atoms with van der Waals surface area (Å²) < 4.78 is 25.6. The van der Waals surface area contributed by atoms with E-state index in [9.17, 15) is 8.78 Å². The molecule has 0 heterocycles. The third-order valence-corrected chi connectivity index (χ3v) is 2.58. The Hall–Kier alpha value is -0.960. The zero-order chi connectivity index (χ0) is 11.3. The second-order valence-electron chi connectivity index (χ2n) is 3.78. The minimum absolute atomic E-state index is 0.472. The normalized spacial score (nSPS) is 12.8. The molecule has 1 atom stereocenters. The summed E-state index contributed by atoms with van der Waals surface area (Å²) in [5, 5.41) is 3.10. The van der Waals surface area contributed by atoms with Crippen LogP contribution in [0.3, 0.4) is 0 Å². The van der Waals surface area contributed by atoms with Crippen molar-refractivity contribution in [2.45, 2.75) is 19.8 Å². The summed E-state index contributed by atoms with van der Waals surface area (Å²) in [4.78, 5) is 0. The molecule has 0 amide bonds. The number of hydrogen-bond donors (Lipinski definition) is 1. The molecule has 1 nitrogen and oxygen atoms in total. The molecule has 0 aromatic heterocycles. The fourth-order valence-electron chi connectivity index (χ4n) is 1.65. The average Bonchev–Trinajstić information content (AvgIpc) is 2.23. The fraction of sp³-hybridized carbons (Fsp3) is 0.500. The van der Waals surface area contributed by atoms with Gasteiger partial charge in [-0.05, 0) is 43.6 Å². The molecule has 0 aliphatic heterocycles. The number of hydrogen-bond acceptors (Lipinski definition) is 1. The van der Waals surface area contributed by atoms with Gasteiger partial charge >= 0.3 is 0 Å². The van der Waals surface area contributed by atoms with Gasteiger partial charge in [-0.3, -0.25) is 0 Å². The van der Waals surface area contributed by atoms with Crippen LogP contribution >= 0.6 is 0 Å². The van der Waals surface area contributed by atoms with Crippen LogP contribution in [0.5, 0.6) is 0 Å².